The molecular weight excluding hydrogens is 526 g/mol. The summed E-state index contributed by atoms with van der Waals surface area (Å²) in [4.78, 5) is 12.5. The minimum atomic E-state index is -4.00. The van der Waals surface area contributed by atoms with Crippen LogP contribution in [0.2, 0.25) is 5.02 Å². The number of carbonyl (C=O) groups excluding carboxylic acids is 1. The molecule has 8 nitrogen and oxygen atoms in total. The van der Waals surface area contributed by atoms with E-state index in [0.29, 0.717) is 22.6 Å². The van der Waals surface area contributed by atoms with Gasteiger partial charge in [0, 0.05) is 17.3 Å². The molecule has 1 amide bonds. The molecule has 0 bridgehead atoms. The van der Waals surface area contributed by atoms with E-state index in [2.05, 4.69) is 10.0 Å². The highest BCUT2D eigenvalue weighted by Gasteiger charge is 2.19. The van der Waals surface area contributed by atoms with E-state index >= 15 is 0 Å². The van der Waals surface area contributed by atoms with Crippen molar-refractivity contribution in [3.63, 3.8) is 0 Å². The van der Waals surface area contributed by atoms with Gasteiger partial charge in [0.1, 0.15) is 28.9 Å². The Bertz CT molecular complexity index is 1630. The second kappa shape index (κ2) is 11.3. The number of ether oxygens (including phenoxy) is 2. The number of hydrogen-bond donors (Lipinski definition) is 2. The summed E-state index contributed by atoms with van der Waals surface area (Å²) in [5.74, 6) is 0.515. The van der Waals surface area contributed by atoms with Gasteiger partial charge in [-0.2, -0.15) is 5.26 Å². The summed E-state index contributed by atoms with van der Waals surface area (Å²) in [6.45, 7) is 1.75. The Hall–Kier alpha value is -4.52. The summed E-state index contributed by atoms with van der Waals surface area (Å²) in [6.07, 6.45) is 0. The molecule has 10 heteroatoms. The van der Waals surface area contributed by atoms with Crippen LogP contribution in [0.25, 0.3) is 0 Å². The molecule has 0 aliphatic heterocycles. The lowest BCUT2D eigenvalue weighted by Gasteiger charge is -2.16. The largest absolute Gasteiger partial charge is 0.494 e. The van der Waals surface area contributed by atoms with Gasteiger partial charge in [-0.25, -0.2) is 8.42 Å². The number of methoxy groups -OCH3 is 1. The molecule has 38 heavy (non-hydrogen) atoms. The molecular formula is C28H22ClN3O5S. The molecule has 0 saturated carbocycles. The van der Waals surface area contributed by atoms with E-state index in [9.17, 15) is 18.5 Å². The number of rotatable bonds is 8. The Labute approximate surface area is 225 Å². The van der Waals surface area contributed by atoms with Crippen LogP contribution in [-0.2, 0) is 10.0 Å². The van der Waals surface area contributed by atoms with Crippen molar-refractivity contribution in [1.29, 1.82) is 5.26 Å². The predicted molar refractivity (Wildman–Crippen MR) is 146 cm³/mol. The van der Waals surface area contributed by atoms with Crippen molar-refractivity contribution < 1.29 is 22.7 Å². The first kappa shape index (κ1) is 26.5. The normalized spacial score (nSPS) is 10.8. The van der Waals surface area contributed by atoms with E-state index < -0.39 is 10.0 Å². The highest BCUT2D eigenvalue weighted by atomic mass is 35.5. The fourth-order valence-corrected chi connectivity index (χ4v) is 4.84. The third-order valence-electron chi connectivity index (χ3n) is 5.52. The highest BCUT2D eigenvalue weighted by Crippen LogP contribution is 2.34. The highest BCUT2D eigenvalue weighted by molar-refractivity contribution is 7.92. The van der Waals surface area contributed by atoms with Crippen molar-refractivity contribution in [3.05, 3.63) is 107 Å². The number of hydrogen-bond acceptors (Lipinski definition) is 6. The van der Waals surface area contributed by atoms with Crippen molar-refractivity contribution in [2.45, 2.75) is 11.8 Å². The van der Waals surface area contributed by atoms with Crippen molar-refractivity contribution in [3.8, 4) is 23.3 Å². The summed E-state index contributed by atoms with van der Waals surface area (Å²) in [7, 11) is -2.59. The van der Waals surface area contributed by atoms with Crippen LogP contribution >= 0.6 is 11.6 Å². The Kier molecular flexibility index (Phi) is 7.86. The molecule has 0 saturated heterocycles. The average molecular weight is 548 g/mol. The fraction of sp³-hybridized carbons (Fsp3) is 0.0714. The minimum Gasteiger partial charge on any atom is -0.494 e. The predicted octanol–water partition coefficient (Wildman–Crippen LogP) is 6.37. The van der Waals surface area contributed by atoms with Crippen molar-refractivity contribution in [2.24, 2.45) is 0 Å². The number of carbonyl (C=O) groups is 1. The first-order valence-electron chi connectivity index (χ1n) is 11.3. The van der Waals surface area contributed by atoms with Gasteiger partial charge in [-0.15, -0.1) is 0 Å². The molecule has 0 spiro atoms. The monoisotopic (exact) mass is 547 g/mol. The van der Waals surface area contributed by atoms with Crippen molar-refractivity contribution >= 4 is 38.9 Å². The Morgan fingerprint density at radius 2 is 1.63 bits per heavy atom. The molecule has 2 N–H and O–H groups in total. The van der Waals surface area contributed by atoms with Crippen LogP contribution in [0.5, 0.6) is 17.2 Å². The molecule has 0 unspecified atom stereocenters. The number of anilines is 2. The van der Waals surface area contributed by atoms with E-state index in [1.165, 1.54) is 31.4 Å². The Morgan fingerprint density at radius 3 is 2.29 bits per heavy atom. The molecule has 4 aromatic rings. The van der Waals surface area contributed by atoms with Gasteiger partial charge in [-0.1, -0.05) is 35.9 Å². The number of nitrogens with one attached hydrogen (secondary N) is 2. The quantitative estimate of drug-likeness (QED) is 0.264. The molecule has 4 rings (SSSR count). The van der Waals surface area contributed by atoms with Gasteiger partial charge in [-0.3, -0.25) is 9.52 Å². The van der Waals surface area contributed by atoms with Gasteiger partial charge in [0.2, 0.25) is 0 Å². The average Bonchev–Trinajstić information content (AvgIpc) is 2.91. The van der Waals surface area contributed by atoms with E-state index in [0.717, 1.165) is 0 Å². The zero-order chi connectivity index (χ0) is 27.3. The lowest BCUT2D eigenvalue weighted by atomic mass is 10.1. The van der Waals surface area contributed by atoms with E-state index in [1.807, 2.05) is 12.1 Å². The number of nitrogens with zero attached hydrogens (tertiary/aromatic N) is 1. The molecule has 0 radical (unpaired) electrons. The van der Waals surface area contributed by atoms with Gasteiger partial charge in [0.25, 0.3) is 15.9 Å². The Balaban J connectivity index is 1.53. The van der Waals surface area contributed by atoms with Gasteiger partial charge in [0.15, 0.2) is 0 Å². The summed E-state index contributed by atoms with van der Waals surface area (Å²) >= 11 is 6.04. The number of sulfonamides is 1. The molecule has 0 atom stereocenters. The van der Waals surface area contributed by atoms with Gasteiger partial charge < -0.3 is 14.8 Å². The molecule has 0 fully saturated rings. The Morgan fingerprint density at radius 1 is 0.921 bits per heavy atom. The third kappa shape index (κ3) is 5.89. The first-order valence-corrected chi connectivity index (χ1v) is 13.1. The maximum Gasteiger partial charge on any atom is 0.262 e. The van der Waals surface area contributed by atoms with Gasteiger partial charge in [0.05, 0.1) is 22.7 Å². The third-order valence-corrected chi connectivity index (χ3v) is 7.22. The lowest BCUT2D eigenvalue weighted by Crippen LogP contribution is -2.15. The molecule has 0 aromatic heterocycles. The molecule has 0 heterocycles. The SMILES string of the molecule is COc1cc(NC(=O)c2ccccc2)c(C)cc1NS(=O)(=O)c1ccc(Oc2cccc(Cl)c2C#N)cc1. The second-order valence-corrected chi connectivity index (χ2v) is 10.2. The number of nitriles is 1. The van der Waals surface area contributed by atoms with Gasteiger partial charge in [-0.05, 0) is 67.1 Å². The van der Waals surface area contributed by atoms with Gasteiger partial charge >= 0.3 is 0 Å². The van der Waals surface area contributed by atoms with Crippen LogP contribution in [0, 0.1) is 18.3 Å². The molecule has 0 aliphatic carbocycles. The zero-order valence-corrected chi connectivity index (χ0v) is 21.9. The maximum absolute atomic E-state index is 13.1. The molecule has 192 valence electrons. The number of aryl methyl sites for hydroxylation is 1. The number of halogens is 1. The number of amides is 1. The van der Waals surface area contributed by atoms with Crippen molar-refractivity contribution in [1.82, 2.24) is 0 Å². The molecule has 0 aliphatic rings. The van der Waals surface area contributed by atoms with Crippen LogP contribution in [0.4, 0.5) is 11.4 Å². The van der Waals surface area contributed by atoms with E-state index in [-0.39, 0.29) is 38.6 Å². The minimum absolute atomic E-state index is 0.0161. The topological polar surface area (TPSA) is 118 Å². The van der Waals surface area contributed by atoms with Crippen LogP contribution in [0.1, 0.15) is 21.5 Å². The summed E-state index contributed by atoms with van der Waals surface area (Å²) in [5.41, 5.74) is 1.99. The van der Waals surface area contributed by atoms with Crippen LogP contribution in [0.15, 0.2) is 89.8 Å². The molecule has 4 aromatic carbocycles. The van der Waals surface area contributed by atoms with Crippen LogP contribution < -0.4 is 19.5 Å². The second-order valence-electron chi connectivity index (χ2n) is 8.09. The zero-order valence-electron chi connectivity index (χ0n) is 20.4. The van der Waals surface area contributed by atoms with Crippen LogP contribution in [0.3, 0.4) is 0 Å². The summed E-state index contributed by atoms with van der Waals surface area (Å²) in [5, 5.41) is 12.4. The van der Waals surface area contributed by atoms with E-state index in [4.69, 9.17) is 21.1 Å². The maximum atomic E-state index is 13.1. The van der Waals surface area contributed by atoms with E-state index in [1.54, 1.807) is 61.5 Å². The summed E-state index contributed by atoms with van der Waals surface area (Å²) < 4.78 is 39.9. The van der Waals surface area contributed by atoms with Crippen molar-refractivity contribution in [2.75, 3.05) is 17.1 Å². The first-order chi connectivity index (χ1) is 18.2. The number of benzene rings is 4. The summed E-state index contributed by atoms with van der Waals surface area (Å²) in [6, 6.07) is 24.4. The smallest absolute Gasteiger partial charge is 0.262 e. The van der Waals surface area contributed by atoms with Crippen LogP contribution in [-0.4, -0.2) is 21.4 Å². The fourth-order valence-electron chi connectivity index (χ4n) is 3.57. The standard InChI is InChI=1S/C28H22ClN3O5S/c1-18-15-25(27(36-2)16-24(18)31-28(33)19-7-4-3-5-8-19)32-38(34,35)21-13-11-20(12-14-21)37-26-10-6-9-23(29)22(26)17-30/h3-16,32H,1-2H3,(H,31,33). The lowest BCUT2D eigenvalue weighted by molar-refractivity contribution is 0.102.